The van der Waals surface area contributed by atoms with Crippen LogP contribution in [0, 0.1) is 0 Å². The molecule has 7 heteroatoms. The smallest absolute Gasteiger partial charge is 0.151 e. The van der Waals surface area contributed by atoms with Gasteiger partial charge in [0.1, 0.15) is 5.75 Å². The molecule has 0 saturated carbocycles. The Morgan fingerprint density at radius 2 is 1.86 bits per heavy atom. The van der Waals surface area contributed by atoms with Crippen LogP contribution in [-0.2, 0) is 0 Å². The van der Waals surface area contributed by atoms with Gasteiger partial charge in [-0.1, -0.05) is 6.07 Å². The highest BCUT2D eigenvalue weighted by molar-refractivity contribution is 5.73. The van der Waals surface area contributed by atoms with Crippen LogP contribution in [0.5, 0.6) is 5.75 Å². The van der Waals surface area contributed by atoms with Crippen LogP contribution in [0.3, 0.4) is 0 Å². The molecule has 3 aromatic rings. The summed E-state index contributed by atoms with van der Waals surface area (Å²) in [7, 11) is 2.11. The highest BCUT2D eigenvalue weighted by atomic mass is 16.3. The monoisotopic (exact) mass is 376 g/mol. The third-order valence-corrected chi connectivity index (χ3v) is 6.11. The van der Waals surface area contributed by atoms with Crippen LogP contribution in [0.2, 0.25) is 0 Å². The highest BCUT2D eigenvalue weighted by Gasteiger charge is 2.35. The first-order valence-electron chi connectivity index (χ1n) is 9.82. The maximum absolute atomic E-state index is 10.5. The van der Waals surface area contributed by atoms with Gasteiger partial charge in [-0.2, -0.15) is 5.10 Å². The number of aromatic nitrogens is 4. The van der Waals surface area contributed by atoms with Gasteiger partial charge in [0.05, 0.1) is 11.9 Å². The van der Waals surface area contributed by atoms with Crippen molar-refractivity contribution in [2.45, 2.75) is 43.8 Å². The largest absolute Gasteiger partial charge is 0.507 e. The van der Waals surface area contributed by atoms with Crippen LogP contribution >= 0.6 is 0 Å². The maximum Gasteiger partial charge on any atom is 0.151 e. The minimum absolute atomic E-state index is 0.184. The number of nitrogens with zero attached hydrogens (tertiary/aromatic N) is 4. The zero-order valence-corrected chi connectivity index (χ0v) is 15.8. The van der Waals surface area contributed by atoms with Gasteiger partial charge < -0.3 is 15.3 Å². The molecule has 2 saturated heterocycles. The lowest BCUT2D eigenvalue weighted by molar-refractivity contribution is 0.353. The quantitative estimate of drug-likeness (QED) is 0.649. The lowest BCUT2D eigenvalue weighted by atomic mass is 9.98. The van der Waals surface area contributed by atoms with Gasteiger partial charge in [0, 0.05) is 42.5 Å². The fraction of sp³-hybridized carbons (Fsp3) is 0.381. The Balaban J connectivity index is 1.35. The van der Waals surface area contributed by atoms with Crippen LogP contribution < -0.4 is 10.2 Å². The number of rotatable bonds is 4. The molecule has 7 nitrogen and oxygen atoms in total. The van der Waals surface area contributed by atoms with E-state index in [2.05, 4.69) is 37.7 Å². The van der Waals surface area contributed by atoms with E-state index in [1.807, 2.05) is 24.3 Å². The van der Waals surface area contributed by atoms with Gasteiger partial charge in [-0.25, -0.2) is 0 Å². The molecule has 3 N–H and O–H groups in total. The average molecular weight is 376 g/mol. The number of phenolic OH excluding ortho intramolecular Hbond substituents is 1. The zero-order chi connectivity index (χ0) is 19.1. The first-order valence-corrected chi connectivity index (χ1v) is 9.82. The van der Waals surface area contributed by atoms with Crippen molar-refractivity contribution in [3.05, 3.63) is 42.7 Å². The van der Waals surface area contributed by atoms with Crippen molar-refractivity contribution in [2.75, 3.05) is 11.9 Å². The van der Waals surface area contributed by atoms with E-state index in [1.165, 1.54) is 12.8 Å². The van der Waals surface area contributed by atoms with Gasteiger partial charge in [0.15, 0.2) is 5.82 Å². The standard InChI is InChI=1S/C21H24N6O/c1-27(17-9-15-3-4-16(10-17)24-15)21-7-6-19(25-26-21)18-5-2-13(8-20(18)28)14-11-22-23-12-14/h2,5-8,11-12,15-17,24,28H,3-4,9-10H2,1H3,(H,22,23). The molecule has 2 aliphatic heterocycles. The van der Waals surface area contributed by atoms with Crippen LogP contribution in [0.25, 0.3) is 22.4 Å². The fourth-order valence-electron chi connectivity index (χ4n) is 4.52. The molecule has 2 aliphatic rings. The summed E-state index contributed by atoms with van der Waals surface area (Å²) in [4.78, 5) is 2.25. The second kappa shape index (κ2) is 6.91. The van der Waals surface area contributed by atoms with E-state index in [9.17, 15) is 5.11 Å². The van der Waals surface area contributed by atoms with E-state index >= 15 is 0 Å². The maximum atomic E-state index is 10.5. The van der Waals surface area contributed by atoms with Crippen molar-refractivity contribution in [1.82, 2.24) is 25.7 Å². The van der Waals surface area contributed by atoms with Crippen molar-refractivity contribution in [3.63, 3.8) is 0 Å². The Morgan fingerprint density at radius 3 is 2.50 bits per heavy atom. The van der Waals surface area contributed by atoms with Gasteiger partial charge in [-0.05, 0) is 55.5 Å². The van der Waals surface area contributed by atoms with Crippen molar-refractivity contribution < 1.29 is 5.11 Å². The lowest BCUT2D eigenvalue weighted by Gasteiger charge is -2.36. The van der Waals surface area contributed by atoms with Crippen molar-refractivity contribution >= 4 is 5.82 Å². The molecule has 0 aliphatic carbocycles. The second-order valence-electron chi connectivity index (χ2n) is 7.87. The number of hydrogen-bond acceptors (Lipinski definition) is 6. The first-order chi connectivity index (χ1) is 13.7. The molecule has 0 amide bonds. The van der Waals surface area contributed by atoms with Crippen LogP contribution in [0.1, 0.15) is 25.7 Å². The summed E-state index contributed by atoms with van der Waals surface area (Å²) in [5.74, 6) is 1.06. The van der Waals surface area contributed by atoms with E-state index in [0.717, 1.165) is 29.8 Å². The molecule has 28 heavy (non-hydrogen) atoms. The van der Waals surface area contributed by atoms with Gasteiger partial charge in [-0.3, -0.25) is 5.10 Å². The van der Waals surface area contributed by atoms with Gasteiger partial charge in [0.25, 0.3) is 0 Å². The molecule has 2 bridgehead atoms. The SMILES string of the molecule is CN(c1ccc(-c2ccc(-c3cn[nH]c3)cc2O)nn1)C1CC2CCC(C1)N2. The first kappa shape index (κ1) is 17.2. The minimum atomic E-state index is 0.184. The van der Waals surface area contributed by atoms with E-state index in [-0.39, 0.29) is 5.75 Å². The molecule has 0 radical (unpaired) electrons. The third-order valence-electron chi connectivity index (χ3n) is 6.11. The molecule has 1 aromatic carbocycles. The van der Waals surface area contributed by atoms with E-state index in [4.69, 9.17) is 0 Å². The second-order valence-corrected chi connectivity index (χ2v) is 7.87. The molecule has 2 fully saturated rings. The number of phenols is 1. The number of benzene rings is 1. The molecule has 144 valence electrons. The van der Waals surface area contributed by atoms with Gasteiger partial charge in [-0.15, -0.1) is 10.2 Å². The summed E-state index contributed by atoms with van der Waals surface area (Å²) in [6.45, 7) is 0. The molecule has 4 heterocycles. The summed E-state index contributed by atoms with van der Waals surface area (Å²) in [6.07, 6.45) is 8.42. The third kappa shape index (κ3) is 3.11. The summed E-state index contributed by atoms with van der Waals surface area (Å²) >= 11 is 0. The van der Waals surface area contributed by atoms with E-state index in [1.54, 1.807) is 18.5 Å². The van der Waals surface area contributed by atoms with Gasteiger partial charge >= 0.3 is 0 Å². The molecular formula is C21H24N6O. The fourth-order valence-corrected chi connectivity index (χ4v) is 4.52. The summed E-state index contributed by atoms with van der Waals surface area (Å²) in [6, 6.07) is 11.3. The predicted octanol–water partition coefficient (Wildman–Crippen LogP) is 2.96. The molecule has 2 unspecified atom stereocenters. The number of nitrogens with one attached hydrogen (secondary N) is 2. The molecular weight excluding hydrogens is 352 g/mol. The number of aromatic hydroxyl groups is 1. The van der Waals surface area contributed by atoms with E-state index < -0.39 is 0 Å². The van der Waals surface area contributed by atoms with Crippen molar-refractivity contribution in [1.29, 1.82) is 0 Å². The summed E-state index contributed by atoms with van der Waals surface area (Å²) in [5.41, 5.74) is 3.17. The molecule has 5 rings (SSSR count). The number of hydrogen-bond donors (Lipinski definition) is 3. The topological polar surface area (TPSA) is 90.0 Å². The summed E-state index contributed by atoms with van der Waals surface area (Å²) < 4.78 is 0. The Bertz CT molecular complexity index is 944. The van der Waals surface area contributed by atoms with Gasteiger partial charge in [0.2, 0.25) is 0 Å². The average Bonchev–Trinajstić information content (AvgIpc) is 3.37. The number of anilines is 1. The Labute approximate surface area is 163 Å². The molecule has 0 spiro atoms. The predicted molar refractivity (Wildman–Crippen MR) is 108 cm³/mol. The number of fused-ring (bicyclic) bond motifs is 2. The van der Waals surface area contributed by atoms with Crippen LogP contribution in [0.4, 0.5) is 5.82 Å². The lowest BCUT2D eigenvalue weighted by Crippen LogP contribution is -2.47. The van der Waals surface area contributed by atoms with Crippen LogP contribution in [-0.4, -0.2) is 50.7 Å². The molecule has 2 atom stereocenters. The Morgan fingerprint density at radius 1 is 1.04 bits per heavy atom. The Hall–Kier alpha value is -2.93. The zero-order valence-electron chi connectivity index (χ0n) is 15.8. The number of H-pyrrole nitrogens is 1. The highest BCUT2D eigenvalue weighted by Crippen LogP contribution is 2.33. The van der Waals surface area contributed by atoms with E-state index in [0.29, 0.717) is 29.4 Å². The molecule has 2 aromatic heterocycles. The number of piperidine rings is 1. The normalized spacial score (nSPS) is 23.7. The summed E-state index contributed by atoms with van der Waals surface area (Å²) in [5, 5.41) is 29.7. The van der Waals surface area contributed by atoms with Crippen molar-refractivity contribution in [3.8, 4) is 28.1 Å². The number of aromatic amines is 1. The van der Waals surface area contributed by atoms with Crippen LogP contribution in [0.15, 0.2) is 42.7 Å². The Kier molecular flexibility index (Phi) is 4.24. The minimum Gasteiger partial charge on any atom is -0.507 e. The van der Waals surface area contributed by atoms with Crippen molar-refractivity contribution in [2.24, 2.45) is 0 Å².